The summed E-state index contributed by atoms with van der Waals surface area (Å²) in [6.45, 7) is 0.387. The number of halogens is 1. The van der Waals surface area contributed by atoms with E-state index in [2.05, 4.69) is 5.32 Å². The molecular formula is C16H15FN2O2. The highest BCUT2D eigenvalue weighted by atomic mass is 19.1. The van der Waals surface area contributed by atoms with Crippen LogP contribution in [0.15, 0.2) is 48.5 Å². The first-order chi connectivity index (χ1) is 10.1. The normalized spacial score (nSPS) is 17.2. The number of nitrogens with zero attached hydrogens (tertiary/aromatic N) is 1. The molecule has 1 heterocycles. The van der Waals surface area contributed by atoms with E-state index in [1.807, 2.05) is 18.2 Å². The molecule has 4 nitrogen and oxygen atoms in total. The quantitative estimate of drug-likeness (QED) is 0.845. The molecule has 0 radical (unpaired) electrons. The van der Waals surface area contributed by atoms with Crippen molar-refractivity contribution in [2.24, 2.45) is 0 Å². The summed E-state index contributed by atoms with van der Waals surface area (Å²) in [4.78, 5) is 13.9. The summed E-state index contributed by atoms with van der Waals surface area (Å²) in [5, 5.41) is 12.7. The predicted octanol–water partition coefficient (Wildman–Crippen LogP) is 3.30. The Labute approximate surface area is 121 Å². The number of carbonyl (C=O) groups is 1. The van der Waals surface area contributed by atoms with Gasteiger partial charge in [-0.25, -0.2) is 9.18 Å². The SMILES string of the molecule is O=C(Nc1ccccc1)N1CCC(O)c2cc(F)ccc21. The fraction of sp³-hybridized carbons (Fsp3) is 0.188. The van der Waals surface area contributed by atoms with Gasteiger partial charge in [-0.15, -0.1) is 0 Å². The van der Waals surface area contributed by atoms with Crippen LogP contribution < -0.4 is 10.2 Å². The van der Waals surface area contributed by atoms with Crippen molar-refractivity contribution in [2.75, 3.05) is 16.8 Å². The highest BCUT2D eigenvalue weighted by Gasteiger charge is 2.27. The molecule has 0 spiro atoms. The van der Waals surface area contributed by atoms with Crippen LogP contribution in [0.4, 0.5) is 20.6 Å². The number of carbonyl (C=O) groups excluding carboxylic acids is 1. The van der Waals surface area contributed by atoms with Crippen molar-refractivity contribution in [3.8, 4) is 0 Å². The largest absolute Gasteiger partial charge is 0.388 e. The minimum atomic E-state index is -0.739. The van der Waals surface area contributed by atoms with Gasteiger partial charge in [0.15, 0.2) is 0 Å². The Kier molecular flexibility index (Phi) is 3.58. The molecule has 0 fully saturated rings. The molecule has 0 aromatic heterocycles. The van der Waals surface area contributed by atoms with Gasteiger partial charge in [0.1, 0.15) is 5.82 Å². The summed E-state index contributed by atoms with van der Waals surface area (Å²) in [7, 11) is 0. The minimum Gasteiger partial charge on any atom is -0.388 e. The third-order valence-corrected chi connectivity index (χ3v) is 3.54. The van der Waals surface area contributed by atoms with Gasteiger partial charge in [0.2, 0.25) is 0 Å². The van der Waals surface area contributed by atoms with Crippen LogP contribution in [0.2, 0.25) is 0 Å². The molecule has 1 aliphatic heterocycles. The fourth-order valence-electron chi connectivity index (χ4n) is 2.49. The minimum absolute atomic E-state index is 0.291. The molecule has 1 unspecified atom stereocenters. The van der Waals surface area contributed by atoms with Crippen LogP contribution in [0, 0.1) is 5.82 Å². The van der Waals surface area contributed by atoms with Gasteiger partial charge in [-0.1, -0.05) is 18.2 Å². The van der Waals surface area contributed by atoms with Crippen LogP contribution in [0.5, 0.6) is 0 Å². The zero-order chi connectivity index (χ0) is 14.8. The molecule has 0 saturated carbocycles. The third-order valence-electron chi connectivity index (χ3n) is 3.54. The maximum absolute atomic E-state index is 13.3. The summed E-state index contributed by atoms with van der Waals surface area (Å²) in [6, 6.07) is 12.9. The van der Waals surface area contributed by atoms with Crippen LogP contribution in [-0.2, 0) is 0 Å². The van der Waals surface area contributed by atoms with Crippen LogP contribution in [-0.4, -0.2) is 17.7 Å². The van der Waals surface area contributed by atoms with Gasteiger partial charge in [-0.2, -0.15) is 0 Å². The Morgan fingerprint density at radius 1 is 1.24 bits per heavy atom. The second-order valence-electron chi connectivity index (χ2n) is 4.96. The van der Waals surface area contributed by atoms with Gasteiger partial charge in [-0.3, -0.25) is 4.90 Å². The number of anilines is 2. The molecule has 2 aromatic rings. The van der Waals surface area contributed by atoms with Crippen LogP contribution in [0.1, 0.15) is 18.1 Å². The Bertz CT molecular complexity index is 661. The topological polar surface area (TPSA) is 52.6 Å². The molecule has 0 bridgehead atoms. The van der Waals surface area contributed by atoms with Crippen molar-refractivity contribution in [1.29, 1.82) is 0 Å². The lowest BCUT2D eigenvalue weighted by atomic mass is 9.99. The van der Waals surface area contributed by atoms with Gasteiger partial charge in [0.25, 0.3) is 0 Å². The predicted molar refractivity (Wildman–Crippen MR) is 78.8 cm³/mol. The van der Waals surface area contributed by atoms with E-state index in [9.17, 15) is 14.3 Å². The monoisotopic (exact) mass is 286 g/mol. The van der Waals surface area contributed by atoms with Crippen LogP contribution >= 0.6 is 0 Å². The standard InChI is InChI=1S/C16H15FN2O2/c17-11-6-7-14-13(10-11)15(20)8-9-19(14)16(21)18-12-4-2-1-3-5-12/h1-7,10,15,20H,8-9H2,(H,18,21). The maximum atomic E-state index is 13.3. The Morgan fingerprint density at radius 2 is 2.00 bits per heavy atom. The molecule has 0 saturated heterocycles. The molecule has 1 atom stereocenters. The number of para-hydroxylation sites is 1. The smallest absolute Gasteiger partial charge is 0.326 e. The first-order valence-corrected chi connectivity index (χ1v) is 6.76. The van der Waals surface area contributed by atoms with E-state index in [1.54, 1.807) is 12.1 Å². The summed E-state index contributed by atoms with van der Waals surface area (Å²) in [5.74, 6) is -0.418. The van der Waals surface area contributed by atoms with E-state index < -0.39 is 11.9 Å². The third kappa shape index (κ3) is 2.73. The van der Waals surface area contributed by atoms with Crippen molar-refractivity contribution in [1.82, 2.24) is 0 Å². The Hall–Kier alpha value is -2.40. The number of urea groups is 1. The number of aliphatic hydroxyl groups is 1. The molecule has 2 N–H and O–H groups in total. The van der Waals surface area contributed by atoms with E-state index >= 15 is 0 Å². The van der Waals surface area contributed by atoms with Gasteiger partial charge < -0.3 is 10.4 Å². The number of hydrogen-bond donors (Lipinski definition) is 2. The number of fused-ring (bicyclic) bond motifs is 1. The highest BCUT2D eigenvalue weighted by Crippen LogP contribution is 2.34. The van der Waals surface area contributed by atoms with E-state index in [0.717, 1.165) is 0 Å². The number of hydrogen-bond acceptors (Lipinski definition) is 2. The Morgan fingerprint density at radius 3 is 2.76 bits per heavy atom. The molecule has 21 heavy (non-hydrogen) atoms. The summed E-state index contributed by atoms with van der Waals surface area (Å²) in [6.07, 6.45) is -0.352. The molecule has 3 rings (SSSR count). The number of nitrogens with one attached hydrogen (secondary N) is 1. The Balaban J connectivity index is 1.87. The summed E-state index contributed by atoms with van der Waals surface area (Å²) >= 11 is 0. The number of amides is 2. The van der Waals surface area contributed by atoms with E-state index in [1.165, 1.54) is 23.1 Å². The van der Waals surface area contributed by atoms with Crippen molar-refractivity contribution in [3.05, 3.63) is 59.9 Å². The van der Waals surface area contributed by atoms with E-state index in [0.29, 0.717) is 29.9 Å². The average Bonchev–Trinajstić information content (AvgIpc) is 2.49. The number of aliphatic hydroxyl groups excluding tert-OH is 1. The lowest BCUT2D eigenvalue weighted by molar-refractivity contribution is 0.164. The second kappa shape index (κ2) is 5.54. The van der Waals surface area contributed by atoms with Crippen molar-refractivity contribution in [2.45, 2.75) is 12.5 Å². The fourth-order valence-corrected chi connectivity index (χ4v) is 2.49. The highest BCUT2D eigenvalue weighted by molar-refractivity contribution is 6.02. The second-order valence-corrected chi connectivity index (χ2v) is 4.96. The zero-order valence-corrected chi connectivity index (χ0v) is 11.3. The van der Waals surface area contributed by atoms with E-state index in [4.69, 9.17) is 0 Å². The molecule has 1 aliphatic rings. The van der Waals surface area contributed by atoms with Gasteiger partial charge >= 0.3 is 6.03 Å². The molecular weight excluding hydrogens is 271 g/mol. The van der Waals surface area contributed by atoms with Gasteiger partial charge in [0, 0.05) is 17.8 Å². The van der Waals surface area contributed by atoms with Crippen molar-refractivity contribution < 1.29 is 14.3 Å². The van der Waals surface area contributed by atoms with Gasteiger partial charge in [-0.05, 0) is 36.8 Å². The summed E-state index contributed by atoms with van der Waals surface area (Å²) < 4.78 is 13.3. The zero-order valence-electron chi connectivity index (χ0n) is 11.3. The summed E-state index contributed by atoms with van der Waals surface area (Å²) in [5.41, 5.74) is 1.69. The molecule has 2 amide bonds. The first kappa shape index (κ1) is 13.6. The van der Waals surface area contributed by atoms with Crippen LogP contribution in [0.25, 0.3) is 0 Å². The molecule has 108 valence electrons. The maximum Gasteiger partial charge on any atom is 0.326 e. The average molecular weight is 286 g/mol. The van der Waals surface area contributed by atoms with Gasteiger partial charge in [0.05, 0.1) is 11.8 Å². The lowest BCUT2D eigenvalue weighted by Gasteiger charge is -2.32. The lowest BCUT2D eigenvalue weighted by Crippen LogP contribution is -2.39. The first-order valence-electron chi connectivity index (χ1n) is 6.76. The number of rotatable bonds is 1. The number of benzene rings is 2. The molecule has 0 aliphatic carbocycles. The molecule has 5 heteroatoms. The van der Waals surface area contributed by atoms with Crippen molar-refractivity contribution in [3.63, 3.8) is 0 Å². The molecule has 2 aromatic carbocycles. The van der Waals surface area contributed by atoms with E-state index in [-0.39, 0.29) is 6.03 Å². The van der Waals surface area contributed by atoms with Crippen molar-refractivity contribution >= 4 is 17.4 Å². The van der Waals surface area contributed by atoms with Crippen LogP contribution in [0.3, 0.4) is 0 Å².